The molecule has 0 amide bonds. The van der Waals surface area contributed by atoms with E-state index in [1.165, 1.54) is 22.9 Å². The van der Waals surface area contributed by atoms with Gasteiger partial charge in [-0.3, -0.25) is 0 Å². The van der Waals surface area contributed by atoms with Crippen LogP contribution in [0.5, 0.6) is 5.75 Å². The molecule has 0 aliphatic rings. The Labute approximate surface area is 118 Å². The molecule has 2 rings (SSSR count). The van der Waals surface area contributed by atoms with Gasteiger partial charge >= 0.3 is 12.1 Å². The number of hydrogen-bond donors (Lipinski definition) is 1. The summed E-state index contributed by atoms with van der Waals surface area (Å²) >= 11 is 0. The van der Waals surface area contributed by atoms with Crippen LogP contribution in [0.3, 0.4) is 0 Å². The average molecular weight is 299 g/mol. The first-order valence-corrected chi connectivity index (χ1v) is 6.04. The molecule has 0 aliphatic heterocycles. The minimum absolute atomic E-state index is 0.147. The van der Waals surface area contributed by atoms with Gasteiger partial charge in [-0.1, -0.05) is 12.1 Å². The summed E-state index contributed by atoms with van der Waals surface area (Å²) in [4.78, 5) is 11.9. The van der Waals surface area contributed by atoms with Crippen LogP contribution in [0.25, 0.3) is 0 Å². The van der Waals surface area contributed by atoms with Crippen molar-refractivity contribution in [2.75, 3.05) is 5.73 Å². The summed E-state index contributed by atoms with van der Waals surface area (Å²) in [6.07, 6.45) is -4.61. The lowest BCUT2D eigenvalue weighted by atomic mass is 10.2. The largest absolute Gasteiger partial charge is 0.421 e. The van der Waals surface area contributed by atoms with E-state index in [0.29, 0.717) is 6.54 Å². The van der Waals surface area contributed by atoms with Crippen molar-refractivity contribution in [3.8, 4) is 5.75 Å². The van der Waals surface area contributed by atoms with E-state index in [2.05, 4.69) is 5.10 Å². The highest BCUT2D eigenvalue weighted by Gasteiger charge is 2.34. The number of para-hydroxylation sites is 1. The number of nitrogen functional groups attached to an aromatic ring is 1. The number of aromatic nitrogens is 2. The fourth-order valence-electron chi connectivity index (χ4n) is 1.73. The van der Waals surface area contributed by atoms with Gasteiger partial charge < -0.3 is 10.5 Å². The number of aryl methyl sites for hydroxylation is 1. The van der Waals surface area contributed by atoms with Gasteiger partial charge in [0.1, 0.15) is 11.6 Å². The maximum Gasteiger partial charge on any atom is 0.419 e. The Kier molecular flexibility index (Phi) is 3.88. The number of rotatable bonds is 3. The van der Waals surface area contributed by atoms with Crippen LogP contribution in [0, 0.1) is 0 Å². The van der Waals surface area contributed by atoms with E-state index in [0.717, 1.165) is 12.1 Å². The first kappa shape index (κ1) is 14.9. The minimum Gasteiger partial charge on any atom is -0.421 e. The number of nitrogens with two attached hydrogens (primary N) is 1. The van der Waals surface area contributed by atoms with Gasteiger partial charge in [0.05, 0.1) is 5.56 Å². The van der Waals surface area contributed by atoms with Crippen molar-refractivity contribution in [2.24, 2.45) is 0 Å². The monoisotopic (exact) mass is 299 g/mol. The molecule has 21 heavy (non-hydrogen) atoms. The Morgan fingerprint density at radius 3 is 2.62 bits per heavy atom. The van der Waals surface area contributed by atoms with Gasteiger partial charge in [-0.05, 0) is 19.1 Å². The van der Waals surface area contributed by atoms with Gasteiger partial charge in [0.2, 0.25) is 0 Å². The second-order valence-corrected chi connectivity index (χ2v) is 4.15. The highest BCUT2D eigenvalue weighted by molar-refractivity contribution is 5.90. The third kappa shape index (κ3) is 3.15. The van der Waals surface area contributed by atoms with Crippen molar-refractivity contribution in [1.29, 1.82) is 0 Å². The first-order chi connectivity index (χ1) is 9.82. The smallest absolute Gasteiger partial charge is 0.419 e. The van der Waals surface area contributed by atoms with E-state index < -0.39 is 23.5 Å². The van der Waals surface area contributed by atoms with Crippen molar-refractivity contribution in [1.82, 2.24) is 9.78 Å². The fourth-order valence-corrected chi connectivity index (χ4v) is 1.73. The third-order valence-electron chi connectivity index (χ3n) is 2.71. The molecular weight excluding hydrogens is 287 g/mol. The molecule has 0 spiro atoms. The van der Waals surface area contributed by atoms with Crippen molar-refractivity contribution < 1.29 is 22.7 Å². The lowest BCUT2D eigenvalue weighted by Crippen LogP contribution is -2.14. The van der Waals surface area contributed by atoms with Gasteiger partial charge in [-0.25, -0.2) is 9.48 Å². The predicted octanol–water partition coefficient (Wildman–Crippen LogP) is 2.72. The highest BCUT2D eigenvalue weighted by Crippen LogP contribution is 2.36. The molecule has 8 heteroatoms. The maximum absolute atomic E-state index is 12.8. The zero-order chi connectivity index (χ0) is 15.6. The zero-order valence-corrected chi connectivity index (χ0v) is 11.0. The number of esters is 1. The second kappa shape index (κ2) is 5.47. The van der Waals surface area contributed by atoms with Crippen molar-refractivity contribution in [3.05, 3.63) is 41.6 Å². The molecule has 112 valence electrons. The van der Waals surface area contributed by atoms with Crippen LogP contribution in [0.2, 0.25) is 0 Å². The van der Waals surface area contributed by atoms with Crippen LogP contribution in [0.1, 0.15) is 23.0 Å². The number of carbonyl (C=O) groups excluding carboxylic acids is 1. The van der Waals surface area contributed by atoms with Crippen LogP contribution >= 0.6 is 0 Å². The fraction of sp³-hybridized carbons (Fsp3) is 0.231. The van der Waals surface area contributed by atoms with E-state index in [1.54, 1.807) is 6.92 Å². The Balaban J connectivity index is 2.28. The molecule has 0 saturated carbocycles. The Hall–Kier alpha value is -2.51. The van der Waals surface area contributed by atoms with E-state index in [4.69, 9.17) is 10.5 Å². The summed E-state index contributed by atoms with van der Waals surface area (Å²) in [5, 5.41) is 3.85. The summed E-state index contributed by atoms with van der Waals surface area (Å²) in [6.45, 7) is 2.19. The molecule has 0 atom stereocenters. The third-order valence-corrected chi connectivity index (χ3v) is 2.71. The molecule has 1 heterocycles. The summed E-state index contributed by atoms with van der Waals surface area (Å²) in [5.74, 6) is -1.33. The van der Waals surface area contributed by atoms with Gasteiger partial charge in [0.25, 0.3) is 0 Å². The average Bonchev–Trinajstić information content (AvgIpc) is 2.79. The normalized spacial score (nSPS) is 11.4. The molecule has 5 nitrogen and oxygen atoms in total. The molecule has 0 aliphatic carbocycles. The van der Waals surface area contributed by atoms with Crippen molar-refractivity contribution in [3.63, 3.8) is 0 Å². The van der Waals surface area contributed by atoms with E-state index in [1.807, 2.05) is 0 Å². The van der Waals surface area contributed by atoms with Gasteiger partial charge in [-0.2, -0.15) is 18.3 Å². The number of nitrogens with zero attached hydrogens (tertiary/aromatic N) is 2. The van der Waals surface area contributed by atoms with Crippen LogP contribution < -0.4 is 10.5 Å². The molecule has 0 radical (unpaired) electrons. The highest BCUT2D eigenvalue weighted by atomic mass is 19.4. The minimum atomic E-state index is -4.61. The molecule has 0 fully saturated rings. The number of halogens is 3. The summed E-state index contributed by atoms with van der Waals surface area (Å²) in [6, 6.07) is 5.71. The maximum atomic E-state index is 12.8. The van der Waals surface area contributed by atoms with E-state index >= 15 is 0 Å². The number of carbonyl (C=O) groups is 1. The molecule has 1 aromatic carbocycles. The number of alkyl halides is 3. The summed E-state index contributed by atoms with van der Waals surface area (Å²) < 4.78 is 44.5. The van der Waals surface area contributed by atoms with Gasteiger partial charge in [-0.15, -0.1) is 0 Å². The van der Waals surface area contributed by atoms with Crippen molar-refractivity contribution >= 4 is 11.8 Å². The standard InChI is InChI=1S/C13H12F3N3O2/c1-2-19-11(17)7-9(18-19)12(20)21-10-6-4-3-5-8(10)13(14,15)16/h3-7H,2,17H2,1H3. The predicted molar refractivity (Wildman–Crippen MR) is 68.7 cm³/mol. The number of anilines is 1. The second-order valence-electron chi connectivity index (χ2n) is 4.15. The van der Waals surface area contributed by atoms with Crippen LogP contribution in [0.15, 0.2) is 30.3 Å². The zero-order valence-electron chi connectivity index (χ0n) is 11.0. The Bertz CT molecular complexity index is 665. The number of benzene rings is 1. The SMILES string of the molecule is CCn1nc(C(=O)Oc2ccccc2C(F)(F)F)cc1N. The summed E-state index contributed by atoms with van der Waals surface area (Å²) in [7, 11) is 0. The first-order valence-electron chi connectivity index (χ1n) is 6.04. The Morgan fingerprint density at radius 1 is 1.38 bits per heavy atom. The van der Waals surface area contributed by atoms with Crippen LogP contribution in [0.4, 0.5) is 19.0 Å². The lowest BCUT2D eigenvalue weighted by Gasteiger charge is -2.11. The molecule has 0 saturated heterocycles. The topological polar surface area (TPSA) is 70.1 Å². The molecule has 0 unspecified atom stereocenters. The van der Waals surface area contributed by atoms with Crippen LogP contribution in [-0.2, 0) is 12.7 Å². The van der Waals surface area contributed by atoms with Gasteiger partial charge in [0.15, 0.2) is 5.69 Å². The van der Waals surface area contributed by atoms with E-state index in [9.17, 15) is 18.0 Å². The Morgan fingerprint density at radius 2 is 2.05 bits per heavy atom. The molecule has 0 bridgehead atoms. The van der Waals surface area contributed by atoms with Crippen LogP contribution in [-0.4, -0.2) is 15.7 Å². The molecular formula is C13H12F3N3O2. The molecule has 1 aromatic heterocycles. The summed E-state index contributed by atoms with van der Waals surface area (Å²) in [5.41, 5.74) is 4.42. The van der Waals surface area contributed by atoms with Crippen molar-refractivity contribution in [2.45, 2.75) is 19.6 Å². The lowest BCUT2D eigenvalue weighted by molar-refractivity contribution is -0.138. The molecule has 2 N–H and O–H groups in total. The number of hydrogen-bond acceptors (Lipinski definition) is 4. The quantitative estimate of drug-likeness (QED) is 0.699. The molecule has 2 aromatic rings. The van der Waals surface area contributed by atoms with Gasteiger partial charge in [0, 0.05) is 12.6 Å². The van der Waals surface area contributed by atoms with E-state index in [-0.39, 0.29) is 11.5 Å². The number of ether oxygens (including phenoxy) is 1.